The number of aliphatic carboxylic acids is 1. The molecule has 0 aromatic heterocycles. The predicted molar refractivity (Wildman–Crippen MR) is 78.7 cm³/mol. The summed E-state index contributed by atoms with van der Waals surface area (Å²) in [7, 11) is 0. The zero-order chi connectivity index (χ0) is 16.0. The summed E-state index contributed by atoms with van der Waals surface area (Å²) in [6, 6.07) is -0.717. The molecule has 6 heteroatoms. The van der Waals surface area contributed by atoms with E-state index in [1.807, 2.05) is 13.8 Å². The van der Waals surface area contributed by atoms with Gasteiger partial charge < -0.3 is 14.9 Å². The minimum absolute atomic E-state index is 0.0528. The van der Waals surface area contributed by atoms with Gasteiger partial charge in [0.15, 0.2) is 0 Å². The summed E-state index contributed by atoms with van der Waals surface area (Å²) in [5.74, 6) is -1.08. The van der Waals surface area contributed by atoms with E-state index in [-0.39, 0.29) is 24.3 Å². The summed E-state index contributed by atoms with van der Waals surface area (Å²) >= 11 is 0. The highest BCUT2D eigenvalue weighted by molar-refractivity contribution is 5.84. The average molecular weight is 298 g/mol. The molecule has 1 N–H and O–H groups in total. The Bertz CT molecular complexity index is 389. The highest BCUT2D eigenvalue weighted by atomic mass is 16.4. The van der Waals surface area contributed by atoms with Crippen molar-refractivity contribution in [2.45, 2.75) is 65.0 Å². The number of rotatable bonds is 9. The molecule has 0 heterocycles. The molecule has 1 unspecified atom stereocenters. The monoisotopic (exact) mass is 298 g/mol. The van der Waals surface area contributed by atoms with Crippen molar-refractivity contribution in [3.8, 4) is 0 Å². The van der Waals surface area contributed by atoms with Crippen LogP contribution in [-0.4, -0.2) is 57.9 Å². The molecular weight excluding hydrogens is 272 g/mol. The lowest BCUT2D eigenvalue weighted by Crippen LogP contribution is -2.44. The molecule has 0 aliphatic heterocycles. The lowest BCUT2D eigenvalue weighted by molar-refractivity contribution is -0.150. The molecule has 1 rings (SSSR count). The second-order valence-electron chi connectivity index (χ2n) is 5.47. The summed E-state index contributed by atoms with van der Waals surface area (Å²) in [6.07, 6.45) is 2.81. The molecule has 1 atom stereocenters. The first-order chi connectivity index (χ1) is 9.92. The smallest absolute Gasteiger partial charge is 0.326 e. The third kappa shape index (κ3) is 5.02. The number of carbonyl (C=O) groups excluding carboxylic acids is 2. The number of nitrogens with zero attached hydrogens (tertiary/aromatic N) is 2. The maximum Gasteiger partial charge on any atom is 0.326 e. The standard InChI is InChI=1S/C15H26N2O4/c1-4-16(5-2)13(18)7-6-8-14(19)17(12-9-10-12)11(3)15(20)21/h11-12H,4-10H2,1-3H3,(H,20,21). The molecule has 1 saturated carbocycles. The van der Waals surface area contributed by atoms with Crippen LogP contribution in [0.5, 0.6) is 0 Å². The molecule has 6 nitrogen and oxygen atoms in total. The number of carbonyl (C=O) groups is 3. The number of hydrogen-bond acceptors (Lipinski definition) is 3. The first-order valence-corrected chi connectivity index (χ1v) is 7.74. The predicted octanol–water partition coefficient (Wildman–Crippen LogP) is 1.49. The van der Waals surface area contributed by atoms with Gasteiger partial charge in [0, 0.05) is 32.0 Å². The van der Waals surface area contributed by atoms with E-state index in [9.17, 15) is 14.4 Å². The fourth-order valence-corrected chi connectivity index (χ4v) is 2.46. The second-order valence-corrected chi connectivity index (χ2v) is 5.47. The molecule has 1 aliphatic rings. The molecule has 1 fully saturated rings. The van der Waals surface area contributed by atoms with Crippen LogP contribution in [0.1, 0.15) is 52.9 Å². The van der Waals surface area contributed by atoms with E-state index in [0.29, 0.717) is 25.9 Å². The van der Waals surface area contributed by atoms with E-state index in [2.05, 4.69) is 0 Å². The van der Waals surface area contributed by atoms with E-state index >= 15 is 0 Å². The molecule has 21 heavy (non-hydrogen) atoms. The molecule has 0 bridgehead atoms. The van der Waals surface area contributed by atoms with Crippen molar-refractivity contribution in [3.63, 3.8) is 0 Å². The molecule has 0 spiro atoms. The van der Waals surface area contributed by atoms with E-state index in [0.717, 1.165) is 12.8 Å². The van der Waals surface area contributed by atoms with Gasteiger partial charge in [-0.1, -0.05) is 0 Å². The van der Waals surface area contributed by atoms with Crippen LogP contribution in [0.4, 0.5) is 0 Å². The molecule has 120 valence electrons. The van der Waals surface area contributed by atoms with Crippen LogP contribution in [0, 0.1) is 0 Å². The van der Waals surface area contributed by atoms with Crippen molar-refractivity contribution in [2.24, 2.45) is 0 Å². The summed E-state index contributed by atoms with van der Waals surface area (Å²) in [6.45, 7) is 6.74. The van der Waals surface area contributed by atoms with E-state index < -0.39 is 12.0 Å². The Kier molecular flexibility index (Phi) is 6.65. The minimum atomic E-state index is -0.977. The topological polar surface area (TPSA) is 77.9 Å². The zero-order valence-corrected chi connectivity index (χ0v) is 13.2. The van der Waals surface area contributed by atoms with Crippen molar-refractivity contribution in [2.75, 3.05) is 13.1 Å². The van der Waals surface area contributed by atoms with Gasteiger partial charge in [-0.25, -0.2) is 4.79 Å². The van der Waals surface area contributed by atoms with Crippen molar-refractivity contribution in [1.29, 1.82) is 0 Å². The fraction of sp³-hybridized carbons (Fsp3) is 0.800. The first-order valence-electron chi connectivity index (χ1n) is 7.74. The summed E-state index contributed by atoms with van der Waals surface area (Å²) in [5.41, 5.74) is 0. The SMILES string of the molecule is CCN(CC)C(=O)CCCC(=O)N(C1CC1)C(C)C(=O)O. The van der Waals surface area contributed by atoms with Gasteiger partial charge in [-0.2, -0.15) is 0 Å². The molecule has 1 aliphatic carbocycles. The number of carboxylic acid groups (broad SMARTS) is 1. The molecule has 0 saturated heterocycles. The molecule has 0 aromatic carbocycles. The van der Waals surface area contributed by atoms with E-state index in [1.165, 1.54) is 4.90 Å². The van der Waals surface area contributed by atoms with Gasteiger partial charge in [0.1, 0.15) is 6.04 Å². The Balaban J connectivity index is 2.44. The van der Waals surface area contributed by atoms with Crippen molar-refractivity contribution >= 4 is 17.8 Å². The van der Waals surface area contributed by atoms with Gasteiger partial charge in [-0.05, 0) is 40.0 Å². The van der Waals surface area contributed by atoms with Gasteiger partial charge in [-0.15, -0.1) is 0 Å². The Hall–Kier alpha value is -1.59. The van der Waals surface area contributed by atoms with Crippen LogP contribution in [0.15, 0.2) is 0 Å². The van der Waals surface area contributed by atoms with Gasteiger partial charge in [0.05, 0.1) is 0 Å². The quantitative estimate of drug-likeness (QED) is 0.699. The summed E-state index contributed by atoms with van der Waals surface area (Å²) in [4.78, 5) is 38.3. The van der Waals surface area contributed by atoms with Crippen LogP contribution in [0.3, 0.4) is 0 Å². The van der Waals surface area contributed by atoms with Crippen LogP contribution < -0.4 is 0 Å². The molecule has 0 radical (unpaired) electrons. The lowest BCUT2D eigenvalue weighted by Gasteiger charge is -2.26. The third-order valence-corrected chi connectivity index (χ3v) is 3.90. The second kappa shape index (κ2) is 8.00. The summed E-state index contributed by atoms with van der Waals surface area (Å²) < 4.78 is 0. The Morgan fingerprint density at radius 1 is 1.10 bits per heavy atom. The number of carboxylic acids is 1. The molecular formula is C15H26N2O4. The van der Waals surface area contributed by atoms with E-state index in [4.69, 9.17) is 5.11 Å². The minimum Gasteiger partial charge on any atom is -0.480 e. The van der Waals surface area contributed by atoms with Crippen LogP contribution in [0.25, 0.3) is 0 Å². The Morgan fingerprint density at radius 3 is 2.05 bits per heavy atom. The van der Waals surface area contributed by atoms with Gasteiger partial charge in [0.25, 0.3) is 0 Å². The zero-order valence-electron chi connectivity index (χ0n) is 13.2. The van der Waals surface area contributed by atoms with Gasteiger partial charge in [0.2, 0.25) is 11.8 Å². The first kappa shape index (κ1) is 17.5. The highest BCUT2D eigenvalue weighted by Crippen LogP contribution is 2.29. The van der Waals surface area contributed by atoms with E-state index in [1.54, 1.807) is 11.8 Å². The fourth-order valence-electron chi connectivity index (χ4n) is 2.46. The maximum atomic E-state index is 12.2. The van der Waals surface area contributed by atoms with Gasteiger partial charge >= 0.3 is 5.97 Å². The largest absolute Gasteiger partial charge is 0.480 e. The number of amides is 2. The van der Waals surface area contributed by atoms with Gasteiger partial charge in [-0.3, -0.25) is 9.59 Å². The van der Waals surface area contributed by atoms with Crippen molar-refractivity contribution in [1.82, 2.24) is 9.80 Å². The Labute approximate surface area is 126 Å². The van der Waals surface area contributed by atoms with Crippen molar-refractivity contribution in [3.05, 3.63) is 0 Å². The lowest BCUT2D eigenvalue weighted by atomic mass is 10.1. The van der Waals surface area contributed by atoms with Crippen molar-refractivity contribution < 1.29 is 19.5 Å². The van der Waals surface area contributed by atoms with Crippen LogP contribution in [0.2, 0.25) is 0 Å². The molecule has 2 amide bonds. The third-order valence-electron chi connectivity index (χ3n) is 3.90. The maximum absolute atomic E-state index is 12.2. The molecule has 0 aromatic rings. The highest BCUT2D eigenvalue weighted by Gasteiger charge is 2.37. The Morgan fingerprint density at radius 2 is 1.62 bits per heavy atom. The number of hydrogen-bond donors (Lipinski definition) is 1. The van der Waals surface area contributed by atoms with Crippen LogP contribution >= 0.6 is 0 Å². The average Bonchev–Trinajstić information content (AvgIpc) is 3.24. The van der Waals surface area contributed by atoms with Crippen LogP contribution in [-0.2, 0) is 14.4 Å². The summed E-state index contributed by atoms with van der Waals surface area (Å²) in [5, 5.41) is 9.07. The normalized spacial score (nSPS) is 15.4.